The highest BCUT2D eigenvalue weighted by Gasteiger charge is 2.26. The molecule has 0 saturated carbocycles. The third-order valence-electron chi connectivity index (χ3n) is 4.08. The van der Waals surface area contributed by atoms with E-state index in [1.54, 1.807) is 11.3 Å². The molecule has 1 aliphatic heterocycles. The lowest BCUT2D eigenvalue weighted by Gasteiger charge is -2.33. The minimum atomic E-state index is 0.147. The maximum absolute atomic E-state index is 12.7. The zero-order valence-electron chi connectivity index (χ0n) is 13.3. The molecule has 0 aliphatic carbocycles. The average molecular weight is 339 g/mol. The van der Waals surface area contributed by atoms with Gasteiger partial charge in [0.15, 0.2) is 5.13 Å². The van der Waals surface area contributed by atoms with Crippen LogP contribution in [0, 0.1) is 0 Å². The standard InChI is InChI=1S/C15H22N4OS2/c1-4-18(5-2)15-17-13-11(22-15)8-12(21-13)14(20)19-7-6-16-9-10(19)3/h8,10,16H,4-7,9H2,1-3H3/t10-/m0/s1. The molecule has 120 valence electrons. The van der Waals surface area contributed by atoms with Crippen LogP contribution >= 0.6 is 22.7 Å². The quantitative estimate of drug-likeness (QED) is 0.931. The van der Waals surface area contributed by atoms with E-state index < -0.39 is 0 Å². The number of carbonyl (C=O) groups excluding carboxylic acids is 1. The molecule has 1 aliphatic rings. The van der Waals surface area contributed by atoms with Crippen LogP contribution in [0.15, 0.2) is 6.07 Å². The number of piperazine rings is 1. The summed E-state index contributed by atoms with van der Waals surface area (Å²) >= 11 is 3.20. The lowest BCUT2D eigenvalue weighted by molar-refractivity contribution is 0.0661. The zero-order valence-corrected chi connectivity index (χ0v) is 14.9. The molecule has 2 aromatic heterocycles. The van der Waals surface area contributed by atoms with E-state index in [4.69, 9.17) is 4.98 Å². The highest BCUT2D eigenvalue weighted by Crippen LogP contribution is 2.35. The molecule has 2 aromatic rings. The van der Waals surface area contributed by atoms with Gasteiger partial charge in [-0.25, -0.2) is 4.98 Å². The summed E-state index contributed by atoms with van der Waals surface area (Å²) in [7, 11) is 0. The van der Waals surface area contributed by atoms with E-state index in [0.29, 0.717) is 0 Å². The summed E-state index contributed by atoms with van der Waals surface area (Å²) in [4.78, 5) is 23.4. The van der Waals surface area contributed by atoms with Gasteiger partial charge in [-0.15, -0.1) is 11.3 Å². The van der Waals surface area contributed by atoms with Crippen molar-refractivity contribution in [3.05, 3.63) is 10.9 Å². The number of amides is 1. The second kappa shape index (κ2) is 6.52. The Hall–Kier alpha value is -1.18. The van der Waals surface area contributed by atoms with Crippen LogP contribution in [0.4, 0.5) is 5.13 Å². The number of carbonyl (C=O) groups is 1. The second-order valence-electron chi connectivity index (χ2n) is 5.50. The van der Waals surface area contributed by atoms with Gasteiger partial charge in [0.05, 0.1) is 9.58 Å². The molecular weight excluding hydrogens is 316 g/mol. The Morgan fingerprint density at radius 1 is 1.45 bits per heavy atom. The van der Waals surface area contributed by atoms with Gasteiger partial charge in [0, 0.05) is 38.8 Å². The van der Waals surface area contributed by atoms with Crippen LogP contribution in [-0.2, 0) is 0 Å². The van der Waals surface area contributed by atoms with E-state index >= 15 is 0 Å². The normalized spacial score (nSPS) is 18.9. The number of aromatic nitrogens is 1. The molecular formula is C15H22N4OS2. The summed E-state index contributed by atoms with van der Waals surface area (Å²) in [6, 6.07) is 2.27. The molecule has 1 fully saturated rings. The highest BCUT2D eigenvalue weighted by atomic mass is 32.1. The molecule has 0 spiro atoms. The largest absolute Gasteiger partial charge is 0.349 e. The molecule has 1 amide bonds. The molecule has 22 heavy (non-hydrogen) atoms. The summed E-state index contributed by atoms with van der Waals surface area (Å²) in [5.74, 6) is 0.147. The third-order valence-corrected chi connectivity index (χ3v) is 6.29. The second-order valence-corrected chi connectivity index (χ2v) is 7.54. The van der Waals surface area contributed by atoms with Crippen LogP contribution in [0.3, 0.4) is 0 Å². The Morgan fingerprint density at radius 3 is 2.86 bits per heavy atom. The minimum absolute atomic E-state index is 0.147. The number of nitrogens with one attached hydrogen (secondary N) is 1. The fourth-order valence-electron chi connectivity index (χ4n) is 2.74. The summed E-state index contributed by atoms with van der Waals surface area (Å²) in [6.45, 7) is 10.8. The van der Waals surface area contributed by atoms with Crippen LogP contribution in [0.25, 0.3) is 9.53 Å². The lowest BCUT2D eigenvalue weighted by Crippen LogP contribution is -2.52. The fraction of sp³-hybridized carbons (Fsp3) is 0.600. The van der Waals surface area contributed by atoms with Gasteiger partial charge in [-0.05, 0) is 26.8 Å². The van der Waals surface area contributed by atoms with Crippen molar-refractivity contribution in [3.63, 3.8) is 0 Å². The molecule has 3 heterocycles. The van der Waals surface area contributed by atoms with Crippen molar-refractivity contribution in [2.75, 3.05) is 37.6 Å². The Morgan fingerprint density at radius 2 is 2.23 bits per heavy atom. The number of fused-ring (bicyclic) bond motifs is 1. The first-order valence-electron chi connectivity index (χ1n) is 7.81. The molecule has 5 nitrogen and oxygen atoms in total. The first-order chi connectivity index (χ1) is 10.6. The van der Waals surface area contributed by atoms with E-state index in [1.165, 1.54) is 11.3 Å². The van der Waals surface area contributed by atoms with Crippen molar-refractivity contribution >= 4 is 43.2 Å². The van der Waals surface area contributed by atoms with Crippen LogP contribution in [0.1, 0.15) is 30.4 Å². The Balaban J connectivity index is 1.83. The highest BCUT2D eigenvalue weighted by molar-refractivity contribution is 7.29. The van der Waals surface area contributed by atoms with Gasteiger partial charge in [-0.2, -0.15) is 0 Å². The molecule has 0 bridgehead atoms. The lowest BCUT2D eigenvalue weighted by atomic mass is 10.2. The summed E-state index contributed by atoms with van der Waals surface area (Å²) in [5, 5.41) is 4.38. The maximum Gasteiger partial charge on any atom is 0.264 e. The van der Waals surface area contributed by atoms with Crippen molar-refractivity contribution in [1.29, 1.82) is 0 Å². The fourth-order valence-corrected chi connectivity index (χ4v) is 5.04. The van der Waals surface area contributed by atoms with Crippen LogP contribution < -0.4 is 10.2 Å². The number of nitrogens with zero attached hydrogens (tertiary/aromatic N) is 3. The monoisotopic (exact) mass is 338 g/mol. The van der Waals surface area contributed by atoms with Gasteiger partial charge in [0.1, 0.15) is 4.83 Å². The van der Waals surface area contributed by atoms with Crippen molar-refractivity contribution in [3.8, 4) is 0 Å². The molecule has 0 unspecified atom stereocenters. The molecule has 7 heteroatoms. The first-order valence-corrected chi connectivity index (χ1v) is 9.44. The smallest absolute Gasteiger partial charge is 0.264 e. The van der Waals surface area contributed by atoms with Crippen molar-refractivity contribution in [1.82, 2.24) is 15.2 Å². The number of hydrogen-bond donors (Lipinski definition) is 1. The Labute approximate surface area is 138 Å². The van der Waals surface area contributed by atoms with Crippen molar-refractivity contribution in [2.45, 2.75) is 26.8 Å². The number of anilines is 1. The van der Waals surface area contributed by atoms with E-state index in [-0.39, 0.29) is 11.9 Å². The molecule has 1 N–H and O–H groups in total. The van der Waals surface area contributed by atoms with E-state index in [1.807, 2.05) is 11.0 Å². The number of rotatable bonds is 4. The molecule has 1 saturated heterocycles. The molecule has 1 atom stereocenters. The van der Waals surface area contributed by atoms with E-state index in [2.05, 4.69) is 31.0 Å². The molecule has 0 aromatic carbocycles. The van der Waals surface area contributed by atoms with E-state index in [0.717, 1.165) is 52.3 Å². The van der Waals surface area contributed by atoms with Gasteiger partial charge in [0.2, 0.25) is 0 Å². The molecule has 3 rings (SSSR count). The van der Waals surface area contributed by atoms with Gasteiger partial charge < -0.3 is 15.1 Å². The predicted molar refractivity (Wildman–Crippen MR) is 94.4 cm³/mol. The zero-order chi connectivity index (χ0) is 15.7. The topological polar surface area (TPSA) is 48.5 Å². The van der Waals surface area contributed by atoms with Crippen LogP contribution in [0.5, 0.6) is 0 Å². The van der Waals surface area contributed by atoms with Crippen molar-refractivity contribution < 1.29 is 4.79 Å². The average Bonchev–Trinajstić information content (AvgIpc) is 3.07. The minimum Gasteiger partial charge on any atom is -0.349 e. The van der Waals surface area contributed by atoms with Crippen LogP contribution in [-0.4, -0.2) is 54.6 Å². The summed E-state index contributed by atoms with van der Waals surface area (Å²) in [5.41, 5.74) is 0. The van der Waals surface area contributed by atoms with Gasteiger partial charge in [-0.3, -0.25) is 4.79 Å². The predicted octanol–water partition coefficient (Wildman–Crippen LogP) is 2.64. The Kier molecular flexibility index (Phi) is 4.65. The van der Waals surface area contributed by atoms with Gasteiger partial charge >= 0.3 is 0 Å². The molecule has 0 radical (unpaired) electrons. The third kappa shape index (κ3) is 2.85. The number of thiazole rings is 1. The van der Waals surface area contributed by atoms with Gasteiger partial charge in [-0.1, -0.05) is 11.3 Å². The van der Waals surface area contributed by atoms with Gasteiger partial charge in [0.25, 0.3) is 5.91 Å². The SMILES string of the molecule is CCN(CC)c1nc2sc(C(=O)N3CCNC[C@@H]3C)cc2s1. The van der Waals surface area contributed by atoms with Crippen molar-refractivity contribution in [2.24, 2.45) is 0 Å². The van der Waals surface area contributed by atoms with E-state index in [9.17, 15) is 4.79 Å². The first kappa shape index (κ1) is 15.7. The number of thiophene rings is 1. The van der Waals surface area contributed by atoms with Crippen LogP contribution in [0.2, 0.25) is 0 Å². The Bertz CT molecular complexity index is 630. The summed E-state index contributed by atoms with van der Waals surface area (Å²) in [6.07, 6.45) is 0. The number of hydrogen-bond acceptors (Lipinski definition) is 6. The summed E-state index contributed by atoms with van der Waals surface area (Å²) < 4.78 is 1.12. The maximum atomic E-state index is 12.7.